The van der Waals surface area contributed by atoms with Gasteiger partial charge in [-0.1, -0.05) is 19.1 Å². The standard InChI is InChI=1S/C24H28N4O4/c1-3-22-25-20-6-4-5-7-21(20)28(22)16-24(30)32-17-23(29)27-14-12-26(13-15-27)18-8-10-19(31-2)11-9-18/h4-11H,3,12-17H2,1-2H3. The number of esters is 1. The average Bonchev–Trinajstić information content (AvgIpc) is 3.20. The quantitative estimate of drug-likeness (QED) is 0.530. The van der Waals surface area contributed by atoms with E-state index in [0.29, 0.717) is 19.5 Å². The Kier molecular flexibility index (Phi) is 6.58. The highest BCUT2D eigenvalue weighted by Gasteiger charge is 2.22. The predicted molar refractivity (Wildman–Crippen MR) is 122 cm³/mol. The normalized spacial score (nSPS) is 13.9. The fraction of sp³-hybridized carbons (Fsp3) is 0.375. The molecular weight excluding hydrogens is 408 g/mol. The van der Waals surface area contributed by atoms with Crippen molar-refractivity contribution in [1.82, 2.24) is 14.5 Å². The molecule has 0 unspecified atom stereocenters. The van der Waals surface area contributed by atoms with Crippen molar-refractivity contribution in [3.8, 4) is 5.75 Å². The van der Waals surface area contributed by atoms with Crippen LogP contribution in [0.1, 0.15) is 12.7 Å². The summed E-state index contributed by atoms with van der Waals surface area (Å²) in [6, 6.07) is 15.6. The third-order valence-corrected chi connectivity index (χ3v) is 5.76. The number of benzene rings is 2. The van der Waals surface area contributed by atoms with Crippen LogP contribution in [0.15, 0.2) is 48.5 Å². The highest BCUT2D eigenvalue weighted by Crippen LogP contribution is 2.21. The van der Waals surface area contributed by atoms with E-state index in [1.165, 1.54) is 0 Å². The van der Waals surface area contributed by atoms with Gasteiger partial charge in [-0.3, -0.25) is 9.59 Å². The summed E-state index contributed by atoms with van der Waals surface area (Å²) in [5, 5.41) is 0. The molecule has 0 N–H and O–H groups in total. The molecule has 0 saturated carbocycles. The Bertz CT molecular complexity index is 1090. The fourth-order valence-corrected chi connectivity index (χ4v) is 3.99. The number of aryl methyl sites for hydroxylation is 1. The second kappa shape index (κ2) is 9.72. The van der Waals surface area contributed by atoms with Gasteiger partial charge in [0.15, 0.2) is 6.61 Å². The zero-order valence-corrected chi connectivity index (χ0v) is 18.5. The molecule has 168 valence electrons. The van der Waals surface area contributed by atoms with Crippen molar-refractivity contribution < 1.29 is 19.1 Å². The van der Waals surface area contributed by atoms with E-state index in [1.807, 2.05) is 60.0 Å². The molecule has 32 heavy (non-hydrogen) atoms. The molecule has 1 aliphatic rings. The van der Waals surface area contributed by atoms with Crippen molar-refractivity contribution in [1.29, 1.82) is 0 Å². The van der Waals surface area contributed by atoms with Gasteiger partial charge in [-0.2, -0.15) is 0 Å². The Morgan fingerprint density at radius 2 is 1.72 bits per heavy atom. The Balaban J connectivity index is 1.27. The topological polar surface area (TPSA) is 76.9 Å². The van der Waals surface area contributed by atoms with E-state index in [2.05, 4.69) is 9.88 Å². The van der Waals surface area contributed by atoms with Gasteiger partial charge in [0.2, 0.25) is 0 Å². The number of anilines is 1. The predicted octanol–water partition coefficient (Wildman–Crippen LogP) is 2.50. The maximum Gasteiger partial charge on any atom is 0.326 e. The van der Waals surface area contributed by atoms with E-state index in [4.69, 9.17) is 9.47 Å². The van der Waals surface area contributed by atoms with Gasteiger partial charge in [0.25, 0.3) is 5.91 Å². The first-order chi connectivity index (χ1) is 15.6. The number of imidazole rings is 1. The molecule has 0 radical (unpaired) electrons. The van der Waals surface area contributed by atoms with Gasteiger partial charge >= 0.3 is 5.97 Å². The monoisotopic (exact) mass is 436 g/mol. The third kappa shape index (κ3) is 4.69. The molecule has 1 aromatic heterocycles. The number of hydrogen-bond acceptors (Lipinski definition) is 6. The summed E-state index contributed by atoms with van der Waals surface area (Å²) in [5.74, 6) is 1.04. The van der Waals surface area contributed by atoms with Crippen LogP contribution in [-0.2, 0) is 27.3 Å². The molecule has 0 spiro atoms. The highest BCUT2D eigenvalue weighted by atomic mass is 16.5. The zero-order valence-electron chi connectivity index (χ0n) is 18.5. The number of rotatable bonds is 7. The summed E-state index contributed by atoms with van der Waals surface area (Å²) in [6.07, 6.45) is 0.708. The van der Waals surface area contributed by atoms with Crippen molar-refractivity contribution in [2.24, 2.45) is 0 Å². The number of nitrogens with zero attached hydrogens (tertiary/aromatic N) is 4. The fourth-order valence-electron chi connectivity index (χ4n) is 3.99. The second-order valence-electron chi connectivity index (χ2n) is 7.68. The van der Waals surface area contributed by atoms with Gasteiger partial charge in [-0.15, -0.1) is 0 Å². The summed E-state index contributed by atoms with van der Waals surface area (Å²) < 4.78 is 12.4. The lowest BCUT2D eigenvalue weighted by atomic mass is 10.2. The summed E-state index contributed by atoms with van der Waals surface area (Å²) in [5.41, 5.74) is 2.84. The number of piperazine rings is 1. The van der Waals surface area contributed by atoms with E-state index < -0.39 is 5.97 Å². The Hall–Kier alpha value is -3.55. The van der Waals surface area contributed by atoms with Crippen molar-refractivity contribution in [2.45, 2.75) is 19.9 Å². The number of fused-ring (bicyclic) bond motifs is 1. The maximum absolute atomic E-state index is 12.6. The number of methoxy groups -OCH3 is 1. The van der Waals surface area contributed by atoms with Crippen molar-refractivity contribution in [3.63, 3.8) is 0 Å². The number of amides is 1. The van der Waals surface area contributed by atoms with Gasteiger partial charge in [0.05, 0.1) is 18.1 Å². The van der Waals surface area contributed by atoms with Crippen LogP contribution in [0, 0.1) is 0 Å². The Morgan fingerprint density at radius 3 is 2.41 bits per heavy atom. The largest absolute Gasteiger partial charge is 0.497 e. The van der Waals surface area contributed by atoms with Gasteiger partial charge in [0.1, 0.15) is 18.1 Å². The minimum absolute atomic E-state index is 0.0439. The summed E-state index contributed by atoms with van der Waals surface area (Å²) in [7, 11) is 1.65. The Morgan fingerprint density at radius 1 is 1.00 bits per heavy atom. The van der Waals surface area contributed by atoms with Gasteiger partial charge in [-0.25, -0.2) is 4.98 Å². The molecule has 0 aliphatic carbocycles. The van der Waals surface area contributed by atoms with Gasteiger partial charge < -0.3 is 23.8 Å². The lowest BCUT2D eigenvalue weighted by molar-refractivity contribution is -0.152. The van der Waals surface area contributed by atoms with Crippen LogP contribution in [0.5, 0.6) is 5.75 Å². The molecule has 0 atom stereocenters. The van der Waals surface area contributed by atoms with Crippen LogP contribution < -0.4 is 9.64 Å². The van der Waals surface area contributed by atoms with Crippen LogP contribution in [-0.4, -0.2) is 66.2 Å². The van der Waals surface area contributed by atoms with Crippen molar-refractivity contribution in [3.05, 3.63) is 54.4 Å². The zero-order chi connectivity index (χ0) is 22.5. The molecule has 2 aromatic carbocycles. The average molecular weight is 437 g/mol. The lowest BCUT2D eigenvalue weighted by Crippen LogP contribution is -2.50. The summed E-state index contributed by atoms with van der Waals surface area (Å²) in [4.78, 5) is 33.5. The van der Waals surface area contributed by atoms with Crippen LogP contribution in [0.3, 0.4) is 0 Å². The molecule has 1 saturated heterocycles. The SMILES string of the molecule is CCc1nc2ccccc2n1CC(=O)OCC(=O)N1CCN(c2ccc(OC)cc2)CC1. The number of aromatic nitrogens is 2. The molecule has 2 heterocycles. The minimum atomic E-state index is -0.437. The minimum Gasteiger partial charge on any atom is -0.497 e. The molecule has 1 fully saturated rings. The van der Waals surface area contributed by atoms with Crippen LogP contribution in [0.2, 0.25) is 0 Å². The number of ether oxygens (including phenoxy) is 2. The molecule has 1 amide bonds. The third-order valence-electron chi connectivity index (χ3n) is 5.76. The van der Waals surface area contributed by atoms with Crippen LogP contribution in [0.25, 0.3) is 11.0 Å². The first-order valence-electron chi connectivity index (χ1n) is 10.9. The molecule has 4 rings (SSSR count). The van der Waals surface area contributed by atoms with Crippen LogP contribution >= 0.6 is 0 Å². The van der Waals surface area contributed by atoms with Crippen molar-refractivity contribution in [2.75, 3.05) is 44.8 Å². The van der Waals surface area contributed by atoms with Crippen LogP contribution in [0.4, 0.5) is 5.69 Å². The summed E-state index contributed by atoms with van der Waals surface area (Å²) in [6.45, 7) is 4.44. The van der Waals surface area contributed by atoms with E-state index in [1.54, 1.807) is 12.0 Å². The van der Waals surface area contributed by atoms with E-state index in [9.17, 15) is 9.59 Å². The maximum atomic E-state index is 12.6. The first kappa shape index (κ1) is 21.7. The molecular formula is C24H28N4O4. The number of carbonyl (C=O) groups is 2. The molecule has 0 bridgehead atoms. The van der Waals surface area contributed by atoms with Gasteiger partial charge in [-0.05, 0) is 36.4 Å². The first-order valence-corrected chi connectivity index (χ1v) is 10.9. The molecule has 1 aliphatic heterocycles. The summed E-state index contributed by atoms with van der Waals surface area (Å²) >= 11 is 0. The highest BCUT2D eigenvalue weighted by molar-refractivity contribution is 5.82. The van der Waals surface area contributed by atoms with Gasteiger partial charge in [0, 0.05) is 38.3 Å². The van der Waals surface area contributed by atoms with E-state index in [0.717, 1.165) is 41.4 Å². The number of para-hydroxylation sites is 2. The second-order valence-corrected chi connectivity index (χ2v) is 7.68. The molecule has 8 nitrogen and oxygen atoms in total. The molecule has 3 aromatic rings. The lowest BCUT2D eigenvalue weighted by Gasteiger charge is -2.36. The van der Waals surface area contributed by atoms with E-state index in [-0.39, 0.29) is 19.1 Å². The smallest absolute Gasteiger partial charge is 0.326 e. The van der Waals surface area contributed by atoms with Crippen molar-refractivity contribution >= 4 is 28.6 Å². The van der Waals surface area contributed by atoms with E-state index >= 15 is 0 Å². The number of hydrogen-bond donors (Lipinski definition) is 0. The molecule has 8 heteroatoms. The Labute approximate surface area is 187 Å². The number of carbonyl (C=O) groups excluding carboxylic acids is 2.